The maximum Gasteiger partial charge on any atom is 0.150 e. The van der Waals surface area contributed by atoms with E-state index in [9.17, 15) is 8.78 Å². The van der Waals surface area contributed by atoms with Crippen LogP contribution in [0.5, 0.6) is 0 Å². The summed E-state index contributed by atoms with van der Waals surface area (Å²) in [7, 11) is 5.54. The third-order valence-corrected chi connectivity index (χ3v) is 2.81. The van der Waals surface area contributed by atoms with E-state index in [0.717, 1.165) is 25.1 Å². The lowest BCUT2D eigenvalue weighted by Crippen LogP contribution is -2.25. The molecule has 1 aromatic carbocycles. The number of anilines is 1. The monoisotopic (exact) mass is 270 g/mol. The van der Waals surface area contributed by atoms with E-state index in [0.29, 0.717) is 6.54 Å². The lowest BCUT2D eigenvalue weighted by Gasteiger charge is -2.22. The van der Waals surface area contributed by atoms with Crippen LogP contribution in [-0.2, 0) is 0 Å². The summed E-state index contributed by atoms with van der Waals surface area (Å²) in [6, 6.07) is 2.17. The van der Waals surface area contributed by atoms with Crippen molar-refractivity contribution in [2.24, 2.45) is 5.73 Å². The Morgan fingerprint density at radius 3 is 2.11 bits per heavy atom. The second kappa shape index (κ2) is 6.47. The van der Waals surface area contributed by atoms with Gasteiger partial charge < -0.3 is 15.5 Å². The van der Waals surface area contributed by atoms with Gasteiger partial charge in [-0.15, -0.1) is 0 Å². The van der Waals surface area contributed by atoms with Gasteiger partial charge in [0, 0.05) is 19.2 Å². The SMILES string of the molecule is CN(C)CCCN(C)c1c(F)cc(C(=N)N)cc1F. The largest absolute Gasteiger partial charge is 0.384 e. The van der Waals surface area contributed by atoms with E-state index in [-0.39, 0.29) is 17.1 Å². The molecule has 0 bridgehead atoms. The molecule has 3 N–H and O–H groups in total. The highest BCUT2D eigenvalue weighted by Gasteiger charge is 2.16. The van der Waals surface area contributed by atoms with Crippen LogP contribution in [0.25, 0.3) is 0 Å². The minimum atomic E-state index is -0.697. The van der Waals surface area contributed by atoms with Crippen molar-refractivity contribution in [3.8, 4) is 0 Å². The molecule has 0 aliphatic carbocycles. The third kappa shape index (κ3) is 4.17. The number of rotatable bonds is 6. The lowest BCUT2D eigenvalue weighted by atomic mass is 10.1. The third-order valence-electron chi connectivity index (χ3n) is 2.81. The number of nitrogen functional groups attached to an aromatic ring is 1. The number of halogens is 2. The van der Waals surface area contributed by atoms with Crippen molar-refractivity contribution in [2.45, 2.75) is 6.42 Å². The number of nitrogens with one attached hydrogen (secondary N) is 1. The van der Waals surface area contributed by atoms with Crippen LogP contribution in [0.15, 0.2) is 12.1 Å². The van der Waals surface area contributed by atoms with Crippen LogP contribution in [0.4, 0.5) is 14.5 Å². The molecular weight excluding hydrogens is 250 g/mol. The fraction of sp³-hybridized carbons (Fsp3) is 0.462. The van der Waals surface area contributed by atoms with Crippen molar-refractivity contribution in [3.05, 3.63) is 29.3 Å². The molecule has 0 radical (unpaired) electrons. The van der Waals surface area contributed by atoms with Gasteiger partial charge in [-0.3, -0.25) is 5.41 Å². The van der Waals surface area contributed by atoms with E-state index in [4.69, 9.17) is 11.1 Å². The first-order valence-electron chi connectivity index (χ1n) is 6.02. The highest BCUT2D eigenvalue weighted by molar-refractivity contribution is 5.95. The zero-order chi connectivity index (χ0) is 14.6. The normalized spacial score (nSPS) is 10.8. The average Bonchev–Trinajstić information content (AvgIpc) is 2.27. The molecule has 0 heterocycles. The van der Waals surface area contributed by atoms with Crippen molar-refractivity contribution < 1.29 is 8.78 Å². The van der Waals surface area contributed by atoms with E-state index < -0.39 is 11.6 Å². The quantitative estimate of drug-likeness (QED) is 0.610. The molecule has 4 nitrogen and oxygen atoms in total. The summed E-state index contributed by atoms with van der Waals surface area (Å²) in [5, 5.41) is 7.19. The molecule has 0 saturated carbocycles. The zero-order valence-electron chi connectivity index (χ0n) is 11.5. The van der Waals surface area contributed by atoms with Crippen LogP contribution < -0.4 is 10.6 Å². The lowest BCUT2D eigenvalue weighted by molar-refractivity contribution is 0.401. The topological polar surface area (TPSA) is 56.4 Å². The van der Waals surface area contributed by atoms with Crippen LogP contribution in [-0.4, -0.2) is 45.0 Å². The Morgan fingerprint density at radius 1 is 1.16 bits per heavy atom. The Balaban J connectivity index is 2.85. The molecule has 19 heavy (non-hydrogen) atoms. The molecule has 6 heteroatoms. The number of benzene rings is 1. The average molecular weight is 270 g/mol. The first-order valence-corrected chi connectivity index (χ1v) is 6.02. The summed E-state index contributed by atoms with van der Waals surface area (Å²) >= 11 is 0. The summed E-state index contributed by atoms with van der Waals surface area (Å²) in [6.45, 7) is 1.39. The zero-order valence-corrected chi connectivity index (χ0v) is 11.5. The van der Waals surface area contributed by atoms with Crippen LogP contribution in [0, 0.1) is 17.0 Å². The standard InChI is InChI=1S/C13H20F2N4/c1-18(2)5-4-6-19(3)12-10(14)7-9(13(16)17)8-11(12)15/h7-8H,4-6H2,1-3H3,(H3,16,17). The molecule has 1 rings (SSSR count). The molecule has 0 aromatic heterocycles. The maximum atomic E-state index is 13.9. The van der Waals surface area contributed by atoms with Gasteiger partial charge in [0.05, 0.1) is 0 Å². The van der Waals surface area contributed by atoms with Gasteiger partial charge in [-0.25, -0.2) is 8.78 Å². The van der Waals surface area contributed by atoms with E-state index >= 15 is 0 Å². The Bertz CT molecular complexity index is 437. The predicted octanol–water partition coefficient (Wildman–Crippen LogP) is 1.64. The van der Waals surface area contributed by atoms with E-state index in [1.165, 1.54) is 4.90 Å². The molecule has 0 spiro atoms. The summed E-state index contributed by atoms with van der Waals surface area (Å²) in [5.74, 6) is -1.74. The number of amidine groups is 1. The minimum absolute atomic E-state index is 0.0560. The van der Waals surface area contributed by atoms with Gasteiger partial charge in [0.1, 0.15) is 23.2 Å². The molecule has 0 atom stereocenters. The van der Waals surface area contributed by atoms with Crippen molar-refractivity contribution in [3.63, 3.8) is 0 Å². The van der Waals surface area contributed by atoms with Crippen molar-refractivity contribution in [1.82, 2.24) is 4.90 Å². The highest BCUT2D eigenvalue weighted by atomic mass is 19.1. The van der Waals surface area contributed by atoms with Crippen LogP contribution in [0.2, 0.25) is 0 Å². The van der Waals surface area contributed by atoms with E-state index in [2.05, 4.69) is 0 Å². The molecule has 0 amide bonds. The maximum absolute atomic E-state index is 13.9. The van der Waals surface area contributed by atoms with Gasteiger partial charge in [-0.05, 0) is 39.2 Å². The van der Waals surface area contributed by atoms with E-state index in [1.54, 1.807) is 7.05 Å². The molecular formula is C13H20F2N4. The molecule has 1 aromatic rings. The molecule has 0 aliphatic rings. The summed E-state index contributed by atoms with van der Waals surface area (Å²) in [4.78, 5) is 3.55. The smallest absolute Gasteiger partial charge is 0.150 e. The molecule has 0 fully saturated rings. The molecule has 106 valence electrons. The number of nitrogens with zero attached hydrogens (tertiary/aromatic N) is 2. The summed E-state index contributed by atoms with van der Waals surface area (Å²) in [6.07, 6.45) is 0.802. The summed E-state index contributed by atoms with van der Waals surface area (Å²) in [5.41, 5.74) is 5.20. The molecule has 0 aliphatic heterocycles. The van der Waals surface area contributed by atoms with Gasteiger partial charge in [-0.2, -0.15) is 0 Å². The van der Waals surface area contributed by atoms with Crippen molar-refractivity contribution in [1.29, 1.82) is 5.41 Å². The first kappa shape index (κ1) is 15.4. The predicted molar refractivity (Wildman–Crippen MR) is 73.8 cm³/mol. The Kier molecular flexibility index (Phi) is 5.23. The number of nitrogens with two attached hydrogens (primary N) is 1. The fourth-order valence-electron chi connectivity index (χ4n) is 1.82. The van der Waals surface area contributed by atoms with Gasteiger partial charge in [0.15, 0.2) is 0 Å². The van der Waals surface area contributed by atoms with Crippen LogP contribution in [0.1, 0.15) is 12.0 Å². The van der Waals surface area contributed by atoms with Gasteiger partial charge in [0.2, 0.25) is 0 Å². The van der Waals surface area contributed by atoms with Gasteiger partial charge in [0.25, 0.3) is 0 Å². The number of hydrogen-bond acceptors (Lipinski definition) is 3. The van der Waals surface area contributed by atoms with E-state index in [1.807, 2.05) is 19.0 Å². The Morgan fingerprint density at radius 2 is 1.68 bits per heavy atom. The van der Waals surface area contributed by atoms with Gasteiger partial charge in [-0.1, -0.05) is 0 Å². The van der Waals surface area contributed by atoms with Gasteiger partial charge >= 0.3 is 0 Å². The first-order chi connectivity index (χ1) is 8.82. The fourth-order valence-corrected chi connectivity index (χ4v) is 1.82. The van der Waals surface area contributed by atoms with Crippen molar-refractivity contribution in [2.75, 3.05) is 39.1 Å². The Labute approximate surface area is 112 Å². The molecule has 0 saturated heterocycles. The second-order valence-electron chi connectivity index (χ2n) is 4.78. The molecule has 0 unspecified atom stereocenters. The van der Waals surface area contributed by atoms with Crippen molar-refractivity contribution >= 4 is 11.5 Å². The Hall–Kier alpha value is -1.69. The number of hydrogen-bond donors (Lipinski definition) is 2. The highest BCUT2D eigenvalue weighted by Crippen LogP contribution is 2.24. The summed E-state index contributed by atoms with van der Waals surface area (Å²) < 4.78 is 27.7. The van der Waals surface area contributed by atoms with Crippen LogP contribution in [0.3, 0.4) is 0 Å². The van der Waals surface area contributed by atoms with Crippen LogP contribution >= 0.6 is 0 Å². The second-order valence-corrected chi connectivity index (χ2v) is 4.78. The minimum Gasteiger partial charge on any atom is -0.384 e.